The molecule has 0 fully saturated rings. The quantitative estimate of drug-likeness (QED) is 0.804. The third kappa shape index (κ3) is 2.29. The molecular weight excluding hydrogens is 220 g/mol. The van der Waals surface area contributed by atoms with Gasteiger partial charge in [-0.15, -0.1) is 0 Å². The average molecular weight is 234 g/mol. The van der Waals surface area contributed by atoms with Crippen molar-refractivity contribution in [2.24, 2.45) is 0 Å². The number of carbonyl (C=O) groups excluding carboxylic acids is 1. The van der Waals surface area contributed by atoms with E-state index in [9.17, 15) is 9.90 Å². The van der Waals surface area contributed by atoms with Crippen molar-refractivity contribution in [3.8, 4) is 0 Å². The van der Waals surface area contributed by atoms with Gasteiger partial charge in [-0.2, -0.15) is 0 Å². The number of hydrogen-bond donors (Lipinski definition) is 1. The molecular formula is C12H14N2O3. The molecule has 0 atom stereocenters. The summed E-state index contributed by atoms with van der Waals surface area (Å²) in [4.78, 5) is 15.7. The molecule has 0 aliphatic rings. The molecule has 0 saturated carbocycles. The summed E-state index contributed by atoms with van der Waals surface area (Å²) < 4.78 is 6.57. The largest absolute Gasteiger partial charge is 0.465 e. The first-order valence-corrected chi connectivity index (χ1v) is 5.47. The Morgan fingerprint density at radius 3 is 2.94 bits per heavy atom. The molecule has 0 bridgehead atoms. The number of para-hydroxylation sites is 2. The van der Waals surface area contributed by atoms with Gasteiger partial charge in [0.2, 0.25) is 0 Å². The van der Waals surface area contributed by atoms with Crippen molar-refractivity contribution in [2.45, 2.75) is 20.1 Å². The normalized spacial score (nSPS) is 10.7. The third-order valence-electron chi connectivity index (χ3n) is 2.47. The molecule has 2 aromatic rings. The second kappa shape index (κ2) is 4.97. The summed E-state index contributed by atoms with van der Waals surface area (Å²) in [5.74, 6) is 0.143. The molecule has 0 unspecified atom stereocenters. The molecule has 5 heteroatoms. The van der Waals surface area contributed by atoms with E-state index in [0.717, 1.165) is 11.0 Å². The zero-order valence-electron chi connectivity index (χ0n) is 9.59. The van der Waals surface area contributed by atoms with Crippen LogP contribution in [0, 0.1) is 0 Å². The number of benzene rings is 1. The van der Waals surface area contributed by atoms with Crippen LogP contribution in [0.2, 0.25) is 0 Å². The summed E-state index contributed by atoms with van der Waals surface area (Å²) in [6.07, 6.45) is 0. The van der Waals surface area contributed by atoms with Crippen LogP contribution in [0.4, 0.5) is 0 Å². The smallest absolute Gasteiger partial charge is 0.326 e. The molecule has 0 aliphatic heterocycles. The number of aromatic nitrogens is 2. The lowest BCUT2D eigenvalue weighted by atomic mass is 10.3. The topological polar surface area (TPSA) is 64.3 Å². The fourth-order valence-corrected chi connectivity index (χ4v) is 1.76. The van der Waals surface area contributed by atoms with Crippen molar-refractivity contribution < 1.29 is 14.6 Å². The van der Waals surface area contributed by atoms with Crippen LogP contribution in [0.5, 0.6) is 0 Å². The Kier molecular flexibility index (Phi) is 3.39. The van der Waals surface area contributed by atoms with E-state index in [-0.39, 0.29) is 19.1 Å². The third-order valence-corrected chi connectivity index (χ3v) is 2.47. The number of nitrogens with zero attached hydrogens (tertiary/aromatic N) is 2. The van der Waals surface area contributed by atoms with Crippen molar-refractivity contribution in [2.75, 3.05) is 6.61 Å². The molecule has 0 aliphatic carbocycles. The van der Waals surface area contributed by atoms with Crippen LogP contribution >= 0.6 is 0 Å². The highest BCUT2D eigenvalue weighted by Crippen LogP contribution is 2.16. The summed E-state index contributed by atoms with van der Waals surface area (Å²) in [6, 6.07) is 7.44. The highest BCUT2D eigenvalue weighted by molar-refractivity contribution is 5.78. The summed E-state index contributed by atoms with van der Waals surface area (Å²) in [6.45, 7) is 1.98. The van der Waals surface area contributed by atoms with Crippen molar-refractivity contribution in [3.05, 3.63) is 30.1 Å². The number of fused-ring (bicyclic) bond motifs is 1. The molecule has 5 nitrogen and oxygen atoms in total. The monoisotopic (exact) mass is 234 g/mol. The minimum Gasteiger partial charge on any atom is -0.465 e. The maximum Gasteiger partial charge on any atom is 0.326 e. The van der Waals surface area contributed by atoms with E-state index in [1.165, 1.54) is 0 Å². The Hall–Kier alpha value is -1.88. The van der Waals surface area contributed by atoms with E-state index >= 15 is 0 Å². The molecule has 1 heterocycles. The van der Waals surface area contributed by atoms with E-state index in [4.69, 9.17) is 4.74 Å². The van der Waals surface area contributed by atoms with Crippen LogP contribution < -0.4 is 0 Å². The fourth-order valence-electron chi connectivity index (χ4n) is 1.76. The standard InChI is InChI=1S/C12H14N2O3/c1-2-17-12(16)7-14-10-6-4-3-5-9(10)13-11(14)8-15/h3-6,15H,2,7-8H2,1H3. The number of aliphatic hydroxyl groups excluding tert-OH is 1. The molecule has 1 aromatic carbocycles. The van der Waals surface area contributed by atoms with E-state index in [1.807, 2.05) is 24.3 Å². The van der Waals surface area contributed by atoms with Gasteiger partial charge in [0.1, 0.15) is 19.0 Å². The zero-order chi connectivity index (χ0) is 12.3. The molecule has 1 N–H and O–H groups in total. The van der Waals surface area contributed by atoms with Crippen molar-refractivity contribution in [1.82, 2.24) is 9.55 Å². The van der Waals surface area contributed by atoms with Crippen LogP contribution in [0.25, 0.3) is 11.0 Å². The zero-order valence-corrected chi connectivity index (χ0v) is 9.59. The van der Waals surface area contributed by atoms with Gasteiger partial charge in [-0.1, -0.05) is 12.1 Å². The first kappa shape index (κ1) is 11.6. The maximum atomic E-state index is 11.5. The summed E-state index contributed by atoms with van der Waals surface area (Å²) in [5.41, 5.74) is 1.59. The van der Waals surface area contributed by atoms with Gasteiger partial charge >= 0.3 is 5.97 Å². The molecule has 90 valence electrons. The molecule has 1 aromatic heterocycles. The van der Waals surface area contributed by atoms with Gasteiger partial charge in [-0.3, -0.25) is 4.79 Å². The molecule has 0 saturated heterocycles. The highest BCUT2D eigenvalue weighted by Gasteiger charge is 2.12. The Balaban J connectivity index is 2.39. The second-order valence-electron chi connectivity index (χ2n) is 3.57. The van der Waals surface area contributed by atoms with Crippen molar-refractivity contribution >= 4 is 17.0 Å². The predicted molar refractivity (Wildman–Crippen MR) is 62.3 cm³/mol. The van der Waals surface area contributed by atoms with Gasteiger partial charge in [0.15, 0.2) is 0 Å². The lowest BCUT2D eigenvalue weighted by molar-refractivity contribution is -0.143. The number of hydrogen-bond acceptors (Lipinski definition) is 4. The highest BCUT2D eigenvalue weighted by atomic mass is 16.5. The fraction of sp³-hybridized carbons (Fsp3) is 0.333. The molecule has 2 rings (SSSR count). The number of aliphatic hydroxyl groups is 1. The lowest BCUT2D eigenvalue weighted by Gasteiger charge is -2.06. The van der Waals surface area contributed by atoms with Gasteiger partial charge in [-0.25, -0.2) is 4.98 Å². The number of imidazole rings is 1. The molecule has 0 amide bonds. The van der Waals surface area contributed by atoms with Gasteiger partial charge in [0, 0.05) is 0 Å². The van der Waals surface area contributed by atoms with Crippen LogP contribution in [0.15, 0.2) is 24.3 Å². The number of carbonyl (C=O) groups is 1. The average Bonchev–Trinajstić information content (AvgIpc) is 2.68. The van der Waals surface area contributed by atoms with E-state index < -0.39 is 0 Å². The minimum absolute atomic E-state index is 0.0737. The summed E-state index contributed by atoms with van der Waals surface area (Å²) in [7, 11) is 0. The molecule has 17 heavy (non-hydrogen) atoms. The molecule has 0 radical (unpaired) electrons. The van der Waals surface area contributed by atoms with Gasteiger partial charge in [0.25, 0.3) is 0 Å². The van der Waals surface area contributed by atoms with E-state index in [2.05, 4.69) is 4.98 Å². The summed E-state index contributed by atoms with van der Waals surface area (Å²) in [5, 5.41) is 9.23. The first-order chi connectivity index (χ1) is 8.26. The summed E-state index contributed by atoms with van der Waals surface area (Å²) >= 11 is 0. The SMILES string of the molecule is CCOC(=O)Cn1c(CO)nc2ccccc21. The Labute approximate surface area is 98.6 Å². The number of rotatable bonds is 4. The number of ether oxygens (including phenoxy) is 1. The maximum absolute atomic E-state index is 11.5. The van der Waals surface area contributed by atoms with Crippen LogP contribution in [-0.4, -0.2) is 27.2 Å². The Morgan fingerprint density at radius 2 is 2.24 bits per heavy atom. The van der Waals surface area contributed by atoms with Crippen LogP contribution in [0.1, 0.15) is 12.7 Å². The van der Waals surface area contributed by atoms with Gasteiger partial charge in [0.05, 0.1) is 17.6 Å². The number of esters is 1. The Morgan fingerprint density at radius 1 is 1.47 bits per heavy atom. The van der Waals surface area contributed by atoms with Crippen molar-refractivity contribution in [3.63, 3.8) is 0 Å². The molecule has 0 spiro atoms. The Bertz CT molecular complexity index is 534. The van der Waals surface area contributed by atoms with Gasteiger partial charge < -0.3 is 14.4 Å². The van der Waals surface area contributed by atoms with E-state index in [0.29, 0.717) is 12.4 Å². The van der Waals surface area contributed by atoms with Gasteiger partial charge in [-0.05, 0) is 19.1 Å². The first-order valence-electron chi connectivity index (χ1n) is 5.47. The van der Waals surface area contributed by atoms with E-state index in [1.54, 1.807) is 11.5 Å². The predicted octanol–water partition coefficient (Wildman–Crippen LogP) is 1.09. The van der Waals surface area contributed by atoms with Crippen molar-refractivity contribution in [1.29, 1.82) is 0 Å². The second-order valence-corrected chi connectivity index (χ2v) is 3.57. The minimum atomic E-state index is -0.328. The lowest BCUT2D eigenvalue weighted by Crippen LogP contribution is -2.15. The van der Waals surface area contributed by atoms with Crippen LogP contribution in [-0.2, 0) is 22.7 Å². The van der Waals surface area contributed by atoms with Crippen LogP contribution in [0.3, 0.4) is 0 Å².